The molecule has 0 spiro atoms. The molecule has 4 nitrogen and oxygen atoms in total. The molecule has 1 aliphatic heterocycles. The highest BCUT2D eigenvalue weighted by atomic mass is 35.5. The molecule has 170 valence electrons. The number of aryl methyl sites for hydroxylation is 1. The van der Waals surface area contributed by atoms with Gasteiger partial charge in [-0.3, -0.25) is 9.69 Å². The van der Waals surface area contributed by atoms with E-state index in [9.17, 15) is 4.79 Å². The zero-order valence-corrected chi connectivity index (χ0v) is 20.2. The standard InChI is InChI=1S/C27H27Cl2N3O/c1-2-32-25-11-4-3-8-20(25)21-15-19(12-13-26(21)32)30-27(33)18-7-6-14-31(16-18)17-22-23(28)9-5-10-24(22)29/h3-5,8-13,15,18H,2,6-7,14,16-17H2,1H3,(H,30,33). The number of para-hydroxylation sites is 1. The topological polar surface area (TPSA) is 37.3 Å². The fourth-order valence-corrected chi connectivity index (χ4v) is 5.55. The summed E-state index contributed by atoms with van der Waals surface area (Å²) in [5.41, 5.74) is 4.19. The molecule has 0 aliphatic carbocycles. The smallest absolute Gasteiger partial charge is 0.228 e. The number of likely N-dealkylation sites (tertiary alicyclic amines) is 1. The number of benzene rings is 3. The lowest BCUT2D eigenvalue weighted by Crippen LogP contribution is -2.40. The monoisotopic (exact) mass is 479 g/mol. The Bertz CT molecular complexity index is 1310. The number of amides is 1. The number of hydrogen-bond donors (Lipinski definition) is 1. The number of fused-ring (bicyclic) bond motifs is 3. The van der Waals surface area contributed by atoms with Gasteiger partial charge < -0.3 is 9.88 Å². The lowest BCUT2D eigenvalue weighted by Gasteiger charge is -2.32. The molecule has 1 aromatic heterocycles. The summed E-state index contributed by atoms with van der Waals surface area (Å²) in [5, 5.41) is 6.91. The van der Waals surface area contributed by atoms with Crippen molar-refractivity contribution in [2.24, 2.45) is 5.92 Å². The molecule has 33 heavy (non-hydrogen) atoms. The molecule has 6 heteroatoms. The van der Waals surface area contributed by atoms with Crippen LogP contribution in [0.25, 0.3) is 21.8 Å². The summed E-state index contributed by atoms with van der Waals surface area (Å²) in [5.74, 6) is 0.0104. The van der Waals surface area contributed by atoms with Crippen LogP contribution < -0.4 is 5.32 Å². The first-order valence-electron chi connectivity index (χ1n) is 11.5. The number of carbonyl (C=O) groups is 1. The number of piperidine rings is 1. The minimum atomic E-state index is -0.0623. The summed E-state index contributed by atoms with van der Waals surface area (Å²) in [6.45, 7) is 5.36. The van der Waals surface area contributed by atoms with Crippen molar-refractivity contribution >= 4 is 56.6 Å². The van der Waals surface area contributed by atoms with Crippen molar-refractivity contribution in [2.75, 3.05) is 18.4 Å². The van der Waals surface area contributed by atoms with Gasteiger partial charge in [0.25, 0.3) is 0 Å². The molecule has 0 bridgehead atoms. The lowest BCUT2D eigenvalue weighted by molar-refractivity contribution is -0.121. The molecule has 0 saturated carbocycles. The van der Waals surface area contributed by atoms with E-state index in [1.165, 1.54) is 21.8 Å². The van der Waals surface area contributed by atoms with E-state index in [4.69, 9.17) is 23.2 Å². The van der Waals surface area contributed by atoms with Gasteiger partial charge in [0.05, 0.1) is 5.92 Å². The summed E-state index contributed by atoms with van der Waals surface area (Å²) in [4.78, 5) is 15.4. The van der Waals surface area contributed by atoms with Crippen LogP contribution in [-0.2, 0) is 17.9 Å². The third-order valence-electron chi connectivity index (χ3n) is 6.68. The zero-order valence-electron chi connectivity index (χ0n) is 18.7. The fourth-order valence-electron chi connectivity index (χ4n) is 5.04. The van der Waals surface area contributed by atoms with Crippen LogP contribution in [0.15, 0.2) is 60.7 Å². The number of anilines is 1. The van der Waals surface area contributed by atoms with Crippen LogP contribution in [-0.4, -0.2) is 28.5 Å². The van der Waals surface area contributed by atoms with Gasteiger partial charge >= 0.3 is 0 Å². The van der Waals surface area contributed by atoms with Crippen molar-refractivity contribution in [1.82, 2.24) is 9.47 Å². The van der Waals surface area contributed by atoms with Gasteiger partial charge in [-0.2, -0.15) is 0 Å². The molecule has 1 fully saturated rings. The van der Waals surface area contributed by atoms with Crippen LogP contribution in [0, 0.1) is 5.92 Å². The van der Waals surface area contributed by atoms with Crippen molar-refractivity contribution in [3.8, 4) is 0 Å². The fraction of sp³-hybridized carbons (Fsp3) is 0.296. The molecule has 1 amide bonds. The van der Waals surface area contributed by atoms with E-state index >= 15 is 0 Å². The quantitative estimate of drug-likeness (QED) is 0.335. The molecule has 1 N–H and O–H groups in total. The third kappa shape index (κ3) is 4.35. The minimum absolute atomic E-state index is 0.0623. The molecular formula is C27H27Cl2N3O. The van der Waals surface area contributed by atoms with Gasteiger partial charge in [-0.05, 0) is 62.7 Å². The highest BCUT2D eigenvalue weighted by Crippen LogP contribution is 2.32. The number of nitrogens with one attached hydrogen (secondary N) is 1. The summed E-state index contributed by atoms with van der Waals surface area (Å²) >= 11 is 12.7. The number of nitrogens with zero attached hydrogens (tertiary/aromatic N) is 2. The molecule has 2 heterocycles. The molecule has 5 rings (SSSR count). The van der Waals surface area contributed by atoms with Crippen molar-refractivity contribution in [3.63, 3.8) is 0 Å². The van der Waals surface area contributed by atoms with Crippen molar-refractivity contribution in [2.45, 2.75) is 32.9 Å². The Morgan fingerprint density at radius 3 is 2.55 bits per heavy atom. The Kier molecular flexibility index (Phi) is 6.33. The number of hydrogen-bond acceptors (Lipinski definition) is 2. The molecule has 1 unspecified atom stereocenters. The van der Waals surface area contributed by atoms with E-state index in [1.54, 1.807) is 0 Å². The molecule has 1 atom stereocenters. The van der Waals surface area contributed by atoms with E-state index in [-0.39, 0.29) is 11.8 Å². The lowest BCUT2D eigenvalue weighted by atomic mass is 9.96. The predicted octanol–water partition coefficient (Wildman–Crippen LogP) is 6.97. The Morgan fingerprint density at radius 2 is 1.76 bits per heavy atom. The average Bonchev–Trinajstić information content (AvgIpc) is 3.15. The van der Waals surface area contributed by atoms with Gasteiger partial charge in [0.2, 0.25) is 5.91 Å². The highest BCUT2D eigenvalue weighted by molar-refractivity contribution is 6.36. The van der Waals surface area contributed by atoms with E-state index in [1.807, 2.05) is 24.3 Å². The second-order valence-electron chi connectivity index (χ2n) is 8.76. The van der Waals surface area contributed by atoms with Gasteiger partial charge in [-0.15, -0.1) is 0 Å². The zero-order chi connectivity index (χ0) is 22.9. The van der Waals surface area contributed by atoms with Gasteiger partial charge in [-0.25, -0.2) is 0 Å². The van der Waals surface area contributed by atoms with Gasteiger partial charge in [0.15, 0.2) is 0 Å². The second kappa shape index (κ2) is 9.38. The molecule has 3 aromatic carbocycles. The molecular weight excluding hydrogens is 453 g/mol. The average molecular weight is 480 g/mol. The molecule has 1 aliphatic rings. The Balaban J connectivity index is 1.33. The van der Waals surface area contributed by atoms with Gasteiger partial charge in [0.1, 0.15) is 0 Å². The SMILES string of the molecule is CCn1c2ccccc2c2cc(NC(=O)C3CCCN(Cc4c(Cl)cccc4Cl)C3)ccc21. The highest BCUT2D eigenvalue weighted by Gasteiger charge is 2.27. The molecule has 1 saturated heterocycles. The van der Waals surface area contributed by atoms with Gasteiger partial charge in [-0.1, -0.05) is 47.5 Å². The van der Waals surface area contributed by atoms with E-state index < -0.39 is 0 Å². The van der Waals surface area contributed by atoms with Crippen LogP contribution in [0.5, 0.6) is 0 Å². The molecule has 4 aromatic rings. The predicted molar refractivity (Wildman–Crippen MR) is 138 cm³/mol. The maximum absolute atomic E-state index is 13.2. The minimum Gasteiger partial charge on any atom is -0.341 e. The Morgan fingerprint density at radius 1 is 1.00 bits per heavy atom. The molecule has 0 radical (unpaired) electrons. The van der Waals surface area contributed by atoms with Crippen LogP contribution >= 0.6 is 23.2 Å². The maximum atomic E-state index is 13.2. The number of aromatic nitrogens is 1. The van der Waals surface area contributed by atoms with E-state index in [2.05, 4.69) is 58.1 Å². The Hall–Kier alpha value is -2.53. The van der Waals surface area contributed by atoms with E-state index in [0.717, 1.165) is 37.2 Å². The number of rotatable bonds is 5. The van der Waals surface area contributed by atoms with E-state index in [0.29, 0.717) is 23.1 Å². The summed E-state index contributed by atoms with van der Waals surface area (Å²) in [7, 11) is 0. The normalized spacial score (nSPS) is 17.0. The summed E-state index contributed by atoms with van der Waals surface area (Å²) < 4.78 is 2.31. The van der Waals surface area contributed by atoms with Crippen molar-refractivity contribution in [1.29, 1.82) is 0 Å². The first-order valence-corrected chi connectivity index (χ1v) is 12.3. The van der Waals surface area contributed by atoms with Crippen LogP contribution in [0.4, 0.5) is 5.69 Å². The van der Waals surface area contributed by atoms with Crippen LogP contribution in [0.1, 0.15) is 25.3 Å². The summed E-state index contributed by atoms with van der Waals surface area (Å²) in [6, 6.07) is 20.2. The number of carbonyl (C=O) groups excluding carboxylic acids is 1. The first kappa shape index (κ1) is 22.3. The van der Waals surface area contributed by atoms with Gasteiger partial charge in [0, 0.05) is 62.7 Å². The Labute approximate surface area is 204 Å². The largest absolute Gasteiger partial charge is 0.341 e. The summed E-state index contributed by atoms with van der Waals surface area (Å²) in [6.07, 6.45) is 1.86. The number of halogens is 2. The van der Waals surface area contributed by atoms with Crippen LogP contribution in [0.2, 0.25) is 10.0 Å². The second-order valence-corrected chi connectivity index (χ2v) is 9.57. The third-order valence-corrected chi connectivity index (χ3v) is 7.38. The first-order chi connectivity index (χ1) is 16.0. The van der Waals surface area contributed by atoms with Crippen molar-refractivity contribution in [3.05, 3.63) is 76.3 Å². The van der Waals surface area contributed by atoms with Crippen molar-refractivity contribution < 1.29 is 4.79 Å². The maximum Gasteiger partial charge on any atom is 0.228 e. The van der Waals surface area contributed by atoms with Crippen LogP contribution in [0.3, 0.4) is 0 Å².